The van der Waals surface area contributed by atoms with E-state index in [0.29, 0.717) is 13.0 Å². The monoisotopic (exact) mass is 379 g/mol. The predicted molar refractivity (Wildman–Crippen MR) is 93.4 cm³/mol. The summed E-state index contributed by atoms with van der Waals surface area (Å²) in [6.07, 6.45) is 3.95. The fourth-order valence-electron chi connectivity index (χ4n) is 2.09. The molecule has 124 valence electrons. The second-order valence-electron chi connectivity index (χ2n) is 6.32. The highest BCUT2D eigenvalue weighted by Gasteiger charge is 2.15. The Labute approximate surface area is 145 Å². The Hall–Kier alpha value is -1.82. The smallest absolute Gasteiger partial charge is 0.407 e. The third-order valence-electron chi connectivity index (χ3n) is 3.11. The minimum Gasteiger partial charge on any atom is -0.444 e. The molecular weight excluding hydrogens is 358 g/mol. The van der Waals surface area contributed by atoms with Crippen molar-refractivity contribution in [2.45, 2.75) is 39.3 Å². The molecule has 1 heterocycles. The highest BCUT2D eigenvalue weighted by Crippen LogP contribution is 2.13. The number of ether oxygens (including phenoxy) is 1. The van der Waals surface area contributed by atoms with Gasteiger partial charge >= 0.3 is 6.09 Å². The van der Waals surface area contributed by atoms with E-state index in [1.165, 1.54) is 5.56 Å². The fourth-order valence-corrected chi connectivity index (χ4v) is 2.36. The first kappa shape index (κ1) is 17.5. The number of hydrogen-bond donors (Lipinski definition) is 1. The summed E-state index contributed by atoms with van der Waals surface area (Å²) >= 11 is 3.44. The minimum absolute atomic E-state index is 0.392. The number of carbonyl (C=O) groups excluding carboxylic acids is 1. The Balaban J connectivity index is 1.86. The van der Waals surface area contributed by atoms with Crippen LogP contribution in [-0.2, 0) is 17.7 Å². The number of hydrogen-bond acceptors (Lipinski definition) is 3. The van der Waals surface area contributed by atoms with Crippen LogP contribution in [0.1, 0.15) is 32.0 Å². The van der Waals surface area contributed by atoms with E-state index >= 15 is 0 Å². The van der Waals surface area contributed by atoms with Crippen molar-refractivity contribution in [3.63, 3.8) is 0 Å². The van der Waals surface area contributed by atoms with Gasteiger partial charge in [0.05, 0.1) is 6.33 Å². The van der Waals surface area contributed by atoms with E-state index in [2.05, 4.69) is 42.9 Å². The number of amides is 1. The van der Waals surface area contributed by atoms with Gasteiger partial charge in [-0.2, -0.15) is 0 Å². The number of benzene rings is 1. The summed E-state index contributed by atoms with van der Waals surface area (Å²) < 4.78 is 8.36. The molecule has 0 saturated heterocycles. The first-order chi connectivity index (χ1) is 10.8. The Kier molecular flexibility index (Phi) is 5.82. The van der Waals surface area contributed by atoms with Crippen LogP contribution in [0.4, 0.5) is 4.79 Å². The van der Waals surface area contributed by atoms with Gasteiger partial charge in [-0.3, -0.25) is 0 Å². The molecule has 1 aromatic heterocycles. The zero-order valence-corrected chi connectivity index (χ0v) is 15.3. The Morgan fingerprint density at radius 2 is 2.00 bits per heavy atom. The van der Waals surface area contributed by atoms with Crippen molar-refractivity contribution in [2.24, 2.45) is 0 Å². The molecule has 0 aliphatic carbocycles. The van der Waals surface area contributed by atoms with Crippen molar-refractivity contribution in [3.8, 4) is 0 Å². The summed E-state index contributed by atoms with van der Waals surface area (Å²) in [7, 11) is 0. The minimum atomic E-state index is -0.479. The van der Waals surface area contributed by atoms with Crippen molar-refractivity contribution in [1.82, 2.24) is 14.9 Å². The van der Waals surface area contributed by atoms with Crippen LogP contribution in [0.15, 0.2) is 41.3 Å². The summed E-state index contributed by atoms with van der Waals surface area (Å²) in [4.78, 5) is 15.8. The topological polar surface area (TPSA) is 56.1 Å². The molecule has 0 spiro atoms. The van der Waals surface area contributed by atoms with Crippen LogP contribution in [0.3, 0.4) is 0 Å². The van der Waals surface area contributed by atoms with Crippen LogP contribution < -0.4 is 5.32 Å². The van der Waals surface area contributed by atoms with Crippen molar-refractivity contribution >= 4 is 22.0 Å². The first-order valence-electron chi connectivity index (χ1n) is 7.54. The van der Waals surface area contributed by atoms with Crippen LogP contribution in [0.25, 0.3) is 0 Å². The maximum Gasteiger partial charge on any atom is 0.407 e. The number of nitrogens with zero attached hydrogens (tertiary/aromatic N) is 2. The molecule has 1 amide bonds. The lowest BCUT2D eigenvalue weighted by atomic mass is 10.2. The van der Waals surface area contributed by atoms with Crippen LogP contribution in [0, 0.1) is 0 Å². The molecule has 1 N–H and O–H groups in total. The summed E-state index contributed by atoms with van der Waals surface area (Å²) in [6, 6.07) is 8.20. The molecule has 23 heavy (non-hydrogen) atoms. The average molecular weight is 380 g/mol. The third-order valence-corrected chi connectivity index (χ3v) is 3.64. The normalized spacial score (nSPS) is 11.3. The van der Waals surface area contributed by atoms with E-state index < -0.39 is 11.7 Å². The molecular formula is C17H22BrN3O2. The molecule has 2 rings (SSSR count). The standard InChI is InChI=1S/C17H22BrN3O2/c1-17(2,3)23-16(22)20-9-8-15-10-19-12-21(15)11-13-4-6-14(18)7-5-13/h4-7,10,12H,8-9,11H2,1-3H3,(H,20,22). The summed E-state index contributed by atoms with van der Waals surface area (Å²) in [6.45, 7) is 6.82. The van der Waals surface area contributed by atoms with Crippen molar-refractivity contribution < 1.29 is 9.53 Å². The Morgan fingerprint density at radius 3 is 2.65 bits per heavy atom. The highest BCUT2D eigenvalue weighted by atomic mass is 79.9. The number of nitrogens with one attached hydrogen (secondary N) is 1. The molecule has 0 fully saturated rings. The second-order valence-corrected chi connectivity index (χ2v) is 7.23. The molecule has 6 heteroatoms. The van der Waals surface area contributed by atoms with Gasteiger partial charge < -0.3 is 14.6 Å². The van der Waals surface area contributed by atoms with Gasteiger partial charge in [0.1, 0.15) is 5.60 Å². The molecule has 0 aliphatic heterocycles. The highest BCUT2D eigenvalue weighted by molar-refractivity contribution is 9.10. The van der Waals surface area contributed by atoms with Crippen LogP contribution in [0.5, 0.6) is 0 Å². The summed E-state index contributed by atoms with van der Waals surface area (Å²) in [5, 5.41) is 2.77. The maximum absolute atomic E-state index is 11.6. The van der Waals surface area contributed by atoms with Crippen LogP contribution >= 0.6 is 15.9 Å². The van der Waals surface area contributed by atoms with Gasteiger partial charge in [-0.15, -0.1) is 0 Å². The van der Waals surface area contributed by atoms with Gasteiger partial charge in [-0.25, -0.2) is 9.78 Å². The Morgan fingerprint density at radius 1 is 1.30 bits per heavy atom. The van der Waals surface area contributed by atoms with E-state index in [1.54, 1.807) is 0 Å². The number of rotatable bonds is 5. The Bertz CT molecular complexity index is 645. The van der Waals surface area contributed by atoms with Gasteiger partial charge in [0.25, 0.3) is 0 Å². The third kappa shape index (κ3) is 6.06. The zero-order valence-electron chi connectivity index (χ0n) is 13.7. The molecule has 0 unspecified atom stereocenters. The van der Waals surface area contributed by atoms with E-state index in [4.69, 9.17) is 4.74 Å². The number of halogens is 1. The quantitative estimate of drug-likeness (QED) is 0.860. The lowest BCUT2D eigenvalue weighted by molar-refractivity contribution is 0.0528. The average Bonchev–Trinajstić information content (AvgIpc) is 2.87. The molecule has 0 saturated carbocycles. The lowest BCUT2D eigenvalue weighted by Gasteiger charge is -2.19. The molecule has 0 bridgehead atoms. The van der Waals surface area contributed by atoms with E-state index in [-0.39, 0.29) is 0 Å². The molecule has 0 aliphatic rings. The van der Waals surface area contributed by atoms with E-state index in [1.807, 2.05) is 45.4 Å². The second kappa shape index (κ2) is 7.64. The number of carbonyl (C=O) groups is 1. The molecule has 2 aromatic rings. The van der Waals surface area contributed by atoms with E-state index in [0.717, 1.165) is 16.7 Å². The molecule has 1 aromatic carbocycles. The van der Waals surface area contributed by atoms with Crippen LogP contribution in [0.2, 0.25) is 0 Å². The zero-order chi connectivity index (χ0) is 16.9. The van der Waals surface area contributed by atoms with Gasteiger partial charge in [0.15, 0.2) is 0 Å². The summed E-state index contributed by atoms with van der Waals surface area (Å²) in [5.41, 5.74) is 1.80. The fraction of sp³-hybridized carbons (Fsp3) is 0.412. The lowest BCUT2D eigenvalue weighted by Crippen LogP contribution is -2.33. The molecule has 0 radical (unpaired) electrons. The van der Waals surface area contributed by atoms with Crippen LogP contribution in [-0.4, -0.2) is 27.8 Å². The number of alkyl carbamates (subject to hydrolysis) is 1. The molecule has 5 nitrogen and oxygen atoms in total. The van der Waals surface area contributed by atoms with Gasteiger partial charge in [0, 0.05) is 35.9 Å². The van der Waals surface area contributed by atoms with E-state index in [9.17, 15) is 4.79 Å². The largest absolute Gasteiger partial charge is 0.444 e. The predicted octanol–water partition coefficient (Wildman–Crippen LogP) is 3.76. The maximum atomic E-state index is 11.6. The number of aromatic nitrogens is 2. The SMILES string of the molecule is CC(C)(C)OC(=O)NCCc1cncn1Cc1ccc(Br)cc1. The van der Waals surface area contributed by atoms with Gasteiger partial charge in [-0.05, 0) is 38.5 Å². The first-order valence-corrected chi connectivity index (χ1v) is 8.33. The molecule has 0 atom stereocenters. The van der Waals surface area contributed by atoms with Crippen molar-refractivity contribution in [2.75, 3.05) is 6.54 Å². The van der Waals surface area contributed by atoms with Crippen molar-refractivity contribution in [1.29, 1.82) is 0 Å². The van der Waals surface area contributed by atoms with Gasteiger partial charge in [-0.1, -0.05) is 28.1 Å². The van der Waals surface area contributed by atoms with Crippen molar-refractivity contribution in [3.05, 3.63) is 52.5 Å². The van der Waals surface area contributed by atoms with Gasteiger partial charge in [0.2, 0.25) is 0 Å². The summed E-state index contributed by atoms with van der Waals surface area (Å²) in [5.74, 6) is 0. The number of imidazole rings is 1.